The molecule has 1 rings (SSSR count). The molecule has 1 heterocycles. The van der Waals surface area contributed by atoms with Crippen molar-refractivity contribution in [2.24, 2.45) is 5.73 Å². The minimum atomic E-state index is -0.502. The fourth-order valence-corrected chi connectivity index (χ4v) is 3.50. The largest absolute Gasteiger partial charge is 0.375 e. The summed E-state index contributed by atoms with van der Waals surface area (Å²) in [6.45, 7) is 8.09. The van der Waals surface area contributed by atoms with Crippen LogP contribution < -0.4 is 11.1 Å². The molecule has 0 aliphatic carbocycles. The third-order valence-corrected chi connectivity index (χ3v) is 5.66. The normalized spacial score (nSPS) is 17.9. The van der Waals surface area contributed by atoms with Gasteiger partial charge in [-0.2, -0.15) is 0 Å². The predicted octanol–water partition coefficient (Wildman–Crippen LogP) is 0.131. The molecule has 1 saturated heterocycles. The van der Waals surface area contributed by atoms with E-state index in [1.807, 2.05) is 27.7 Å². The van der Waals surface area contributed by atoms with Crippen LogP contribution in [0.15, 0.2) is 0 Å². The van der Waals surface area contributed by atoms with Gasteiger partial charge >= 0.3 is 0 Å². The summed E-state index contributed by atoms with van der Waals surface area (Å²) in [6, 6.07) is 0. The highest BCUT2D eigenvalue weighted by Crippen LogP contribution is 2.23. The van der Waals surface area contributed by atoms with Crippen LogP contribution in [0.2, 0.25) is 0 Å². The van der Waals surface area contributed by atoms with Crippen molar-refractivity contribution in [1.82, 2.24) is 10.2 Å². The van der Waals surface area contributed by atoms with Crippen LogP contribution in [-0.2, 0) is 23.9 Å². The number of amides is 4. The summed E-state index contributed by atoms with van der Waals surface area (Å²) in [5.74, 6) is -1.01. The molecule has 0 aromatic heterocycles. The average Bonchev–Trinajstić information content (AvgIpc) is 2.84. The second kappa shape index (κ2) is 10.3. The van der Waals surface area contributed by atoms with Gasteiger partial charge in [0.2, 0.25) is 23.6 Å². The Morgan fingerprint density at radius 1 is 1.25 bits per heavy atom. The van der Waals surface area contributed by atoms with E-state index in [4.69, 9.17) is 10.5 Å². The van der Waals surface area contributed by atoms with Crippen LogP contribution in [0.25, 0.3) is 0 Å². The van der Waals surface area contributed by atoms with Gasteiger partial charge in [-0.25, -0.2) is 11.6 Å². The molecule has 4 amide bonds. The van der Waals surface area contributed by atoms with Gasteiger partial charge < -0.3 is 15.8 Å². The molecule has 3 N–H and O–H groups in total. The molecule has 1 aliphatic rings. The van der Waals surface area contributed by atoms with Gasteiger partial charge in [0.1, 0.15) is 0 Å². The quantitative estimate of drug-likeness (QED) is 0.347. The van der Waals surface area contributed by atoms with Gasteiger partial charge in [0, 0.05) is 38.0 Å². The van der Waals surface area contributed by atoms with Crippen molar-refractivity contribution < 1.29 is 23.9 Å². The first kappa shape index (κ1) is 24.5. The zero-order chi connectivity index (χ0) is 21.5. The number of nitrogens with zero attached hydrogens (tertiary/aromatic N) is 1. The number of rotatable bonds is 12. The van der Waals surface area contributed by atoms with Crippen molar-refractivity contribution in [2.45, 2.75) is 76.2 Å². The van der Waals surface area contributed by atoms with E-state index >= 15 is 0 Å². The summed E-state index contributed by atoms with van der Waals surface area (Å²) < 4.78 is 5.83. The van der Waals surface area contributed by atoms with Crippen LogP contribution in [0.3, 0.4) is 0 Å². The molecule has 0 radical (unpaired) electrons. The highest BCUT2D eigenvalue weighted by molar-refractivity contribution is 8.20. The molecule has 1 atom stereocenters. The van der Waals surface area contributed by atoms with Gasteiger partial charge in [-0.05, 0) is 40.5 Å². The molecule has 1 fully saturated rings. The monoisotopic (exact) mass is 413 g/mol. The molecule has 158 valence electrons. The number of primary amides is 1. The number of nitrogens with one attached hydrogen (secondary N) is 1. The summed E-state index contributed by atoms with van der Waals surface area (Å²) in [7, 11) is 1.80. The number of likely N-dealkylation sites (tertiary alicyclic amines) is 1. The van der Waals surface area contributed by atoms with Gasteiger partial charge in [0.05, 0.1) is 10.9 Å². The van der Waals surface area contributed by atoms with Gasteiger partial charge in [0.25, 0.3) is 0 Å². The van der Waals surface area contributed by atoms with E-state index in [1.54, 1.807) is 7.12 Å². The Bertz CT molecular complexity index is 612. The summed E-state index contributed by atoms with van der Waals surface area (Å²) >= 11 is 1.36. The first-order chi connectivity index (χ1) is 12.9. The van der Waals surface area contributed by atoms with Gasteiger partial charge in [-0.3, -0.25) is 24.1 Å². The van der Waals surface area contributed by atoms with Gasteiger partial charge in [-0.15, -0.1) is 0 Å². The van der Waals surface area contributed by atoms with Crippen LogP contribution in [-0.4, -0.2) is 65.2 Å². The summed E-state index contributed by atoms with van der Waals surface area (Å²) in [4.78, 5) is 48.3. The summed E-state index contributed by atoms with van der Waals surface area (Å²) in [5.41, 5.74) is 4.19. The lowest BCUT2D eigenvalue weighted by Gasteiger charge is -2.30. The summed E-state index contributed by atoms with van der Waals surface area (Å²) in [6.07, 6.45) is 1.65. The lowest BCUT2D eigenvalue weighted by atomic mass is 9.99. The van der Waals surface area contributed by atoms with Crippen molar-refractivity contribution in [3.8, 4) is 0 Å². The highest BCUT2D eigenvalue weighted by atomic mass is 32.2. The van der Waals surface area contributed by atoms with E-state index in [0.717, 1.165) is 0 Å². The van der Waals surface area contributed by atoms with E-state index in [1.165, 1.54) is 16.5 Å². The molecule has 10 heteroatoms. The van der Waals surface area contributed by atoms with Crippen LogP contribution in [0, 0.1) is 0 Å². The molecule has 1 unspecified atom stereocenters. The molecule has 8 nitrogen and oxygen atoms in total. The molecule has 28 heavy (non-hydrogen) atoms. The third kappa shape index (κ3) is 8.22. The Balaban J connectivity index is 2.38. The Kier molecular flexibility index (Phi) is 9.00. The SMILES string of the molecule is BSC1CC(=O)N(CCC(=O)NC(C)(C)CCOC(C)(C)CCC(N)=O)C1=O. The minimum Gasteiger partial charge on any atom is -0.375 e. The smallest absolute Gasteiger partial charge is 0.241 e. The Morgan fingerprint density at radius 3 is 2.43 bits per heavy atom. The number of hydrogen-bond acceptors (Lipinski definition) is 6. The van der Waals surface area contributed by atoms with Crippen LogP contribution >= 0.6 is 11.6 Å². The van der Waals surface area contributed by atoms with Gasteiger partial charge in [-0.1, -0.05) is 0 Å². The van der Waals surface area contributed by atoms with Gasteiger partial charge in [0.15, 0.2) is 7.12 Å². The maximum Gasteiger partial charge on any atom is 0.241 e. The Morgan fingerprint density at radius 2 is 1.89 bits per heavy atom. The van der Waals surface area contributed by atoms with E-state index in [0.29, 0.717) is 19.4 Å². The molecule has 0 aromatic rings. The molecule has 0 saturated carbocycles. The second-order valence-corrected chi connectivity index (χ2v) is 9.36. The standard InChI is InChI=1S/C18H32BN3O5S/c1-17(2,8-10-27-18(3,4)7-5-13(20)23)21-14(24)6-9-22-15(25)11-12(28-19)16(22)26/h12H,5-11,19H2,1-4H3,(H2,20,23)(H,21,24). The first-order valence-corrected chi connectivity index (χ1v) is 10.8. The number of nitrogens with two attached hydrogens (primary N) is 1. The number of carbonyl (C=O) groups is 4. The molecule has 1 aliphatic heterocycles. The first-order valence-electron chi connectivity index (χ1n) is 9.47. The zero-order valence-corrected chi connectivity index (χ0v) is 18.3. The molecule has 0 spiro atoms. The Labute approximate surface area is 172 Å². The Hall–Kier alpha value is -1.55. The number of hydrogen-bond donors (Lipinski definition) is 2. The van der Waals surface area contributed by atoms with Crippen molar-refractivity contribution in [3.05, 3.63) is 0 Å². The van der Waals surface area contributed by atoms with Crippen LogP contribution in [0.5, 0.6) is 0 Å². The average molecular weight is 413 g/mol. The molecular formula is C18H32BN3O5S. The summed E-state index contributed by atoms with van der Waals surface area (Å²) in [5, 5.41) is 2.59. The van der Waals surface area contributed by atoms with Crippen molar-refractivity contribution >= 4 is 42.4 Å². The van der Waals surface area contributed by atoms with Crippen LogP contribution in [0.1, 0.15) is 59.8 Å². The number of ether oxygens (including phenoxy) is 1. The molecule has 0 bridgehead atoms. The predicted molar refractivity (Wildman–Crippen MR) is 111 cm³/mol. The minimum absolute atomic E-state index is 0.0764. The van der Waals surface area contributed by atoms with Crippen LogP contribution in [0.4, 0.5) is 0 Å². The fourth-order valence-electron chi connectivity index (χ4n) is 2.87. The maximum absolute atomic E-state index is 12.3. The third-order valence-electron chi connectivity index (χ3n) is 4.72. The van der Waals surface area contributed by atoms with Crippen molar-refractivity contribution in [2.75, 3.05) is 13.2 Å². The zero-order valence-electron chi connectivity index (χ0n) is 17.5. The van der Waals surface area contributed by atoms with E-state index in [2.05, 4.69) is 5.32 Å². The van der Waals surface area contributed by atoms with E-state index < -0.39 is 11.1 Å². The van der Waals surface area contributed by atoms with Crippen molar-refractivity contribution in [1.29, 1.82) is 0 Å². The maximum atomic E-state index is 12.3. The second-order valence-electron chi connectivity index (χ2n) is 8.32. The topological polar surface area (TPSA) is 119 Å². The highest BCUT2D eigenvalue weighted by Gasteiger charge is 2.37. The fraction of sp³-hybridized carbons (Fsp3) is 0.778. The van der Waals surface area contributed by atoms with E-state index in [9.17, 15) is 19.2 Å². The lowest BCUT2D eigenvalue weighted by molar-refractivity contribution is -0.138. The number of imide groups is 1. The molecule has 0 aromatic carbocycles. The van der Waals surface area contributed by atoms with E-state index in [-0.39, 0.29) is 54.7 Å². The lowest BCUT2D eigenvalue weighted by Crippen LogP contribution is -2.46. The van der Waals surface area contributed by atoms with Crippen molar-refractivity contribution in [3.63, 3.8) is 0 Å². The number of carbonyl (C=O) groups excluding carboxylic acids is 4. The molecular weight excluding hydrogens is 381 g/mol.